The highest BCUT2D eigenvalue weighted by Crippen LogP contribution is 1.94. The minimum Gasteiger partial charge on any atom is -0.393 e. The molecule has 7 nitrogen and oxygen atoms in total. The molecule has 0 fully saturated rings. The summed E-state index contributed by atoms with van der Waals surface area (Å²) in [7, 11) is 0. The predicted octanol–water partition coefficient (Wildman–Crippen LogP) is -0.909. The number of H-pyrrole nitrogens is 1. The summed E-state index contributed by atoms with van der Waals surface area (Å²) in [5, 5.41) is 24.2. The van der Waals surface area contributed by atoms with Gasteiger partial charge in [-0.25, -0.2) is 0 Å². The highest BCUT2D eigenvalue weighted by atomic mass is 16.3. The molecule has 0 aliphatic rings. The molecule has 1 amide bonds. The van der Waals surface area contributed by atoms with Gasteiger partial charge < -0.3 is 10.4 Å². The SMILES string of the molecule is CCC(O)CCNC(=O)c1nn[nH]n1. The van der Waals surface area contributed by atoms with Crippen molar-refractivity contribution in [1.82, 2.24) is 25.9 Å². The van der Waals surface area contributed by atoms with Crippen LogP contribution in [0.4, 0.5) is 0 Å². The van der Waals surface area contributed by atoms with E-state index in [0.29, 0.717) is 19.4 Å². The zero-order valence-electron chi connectivity index (χ0n) is 7.90. The second-order valence-corrected chi connectivity index (χ2v) is 2.84. The fourth-order valence-corrected chi connectivity index (χ4v) is 0.893. The average molecular weight is 199 g/mol. The van der Waals surface area contributed by atoms with Crippen molar-refractivity contribution in [2.24, 2.45) is 0 Å². The van der Waals surface area contributed by atoms with Crippen LogP contribution in [0.15, 0.2) is 0 Å². The summed E-state index contributed by atoms with van der Waals surface area (Å²) in [5.74, 6) is -0.377. The molecule has 14 heavy (non-hydrogen) atoms. The summed E-state index contributed by atoms with van der Waals surface area (Å²) in [4.78, 5) is 11.2. The molecule has 0 bridgehead atoms. The van der Waals surface area contributed by atoms with Gasteiger partial charge in [0.15, 0.2) is 0 Å². The normalized spacial score (nSPS) is 12.4. The Labute approximate surface area is 80.9 Å². The Morgan fingerprint density at radius 1 is 1.71 bits per heavy atom. The molecule has 3 N–H and O–H groups in total. The maximum atomic E-state index is 11.2. The lowest BCUT2D eigenvalue weighted by atomic mass is 10.2. The van der Waals surface area contributed by atoms with Crippen molar-refractivity contribution >= 4 is 5.91 Å². The van der Waals surface area contributed by atoms with E-state index in [4.69, 9.17) is 0 Å². The first-order chi connectivity index (χ1) is 6.74. The lowest BCUT2D eigenvalue weighted by Crippen LogP contribution is -2.27. The Morgan fingerprint density at radius 2 is 2.50 bits per heavy atom. The lowest BCUT2D eigenvalue weighted by molar-refractivity contribution is 0.0931. The number of hydrogen-bond donors (Lipinski definition) is 3. The number of aliphatic hydroxyl groups excluding tert-OH is 1. The van der Waals surface area contributed by atoms with Crippen LogP contribution in [0, 0.1) is 0 Å². The molecule has 1 unspecified atom stereocenters. The van der Waals surface area contributed by atoms with E-state index in [0.717, 1.165) is 0 Å². The second-order valence-electron chi connectivity index (χ2n) is 2.84. The highest BCUT2D eigenvalue weighted by molar-refractivity contribution is 5.89. The van der Waals surface area contributed by atoms with Gasteiger partial charge in [-0.05, 0) is 18.1 Å². The zero-order valence-corrected chi connectivity index (χ0v) is 7.90. The minimum absolute atomic E-state index is 0.0102. The van der Waals surface area contributed by atoms with Gasteiger partial charge in [0.25, 0.3) is 11.7 Å². The third kappa shape index (κ3) is 3.09. The molecular formula is C7H13N5O2. The lowest BCUT2D eigenvalue weighted by Gasteiger charge is -2.06. The summed E-state index contributed by atoms with van der Waals surface area (Å²) in [6, 6.07) is 0. The molecule has 1 aromatic heterocycles. The van der Waals surface area contributed by atoms with E-state index in [9.17, 15) is 9.90 Å². The van der Waals surface area contributed by atoms with E-state index < -0.39 is 0 Å². The summed E-state index contributed by atoms with van der Waals surface area (Å²) < 4.78 is 0. The van der Waals surface area contributed by atoms with Gasteiger partial charge >= 0.3 is 0 Å². The van der Waals surface area contributed by atoms with Crippen molar-refractivity contribution in [3.8, 4) is 0 Å². The number of hydrogen-bond acceptors (Lipinski definition) is 5. The Morgan fingerprint density at radius 3 is 3.07 bits per heavy atom. The quantitative estimate of drug-likeness (QED) is 0.569. The van der Waals surface area contributed by atoms with Crippen LogP contribution >= 0.6 is 0 Å². The number of nitrogens with zero attached hydrogens (tertiary/aromatic N) is 3. The van der Waals surface area contributed by atoms with E-state index >= 15 is 0 Å². The van der Waals surface area contributed by atoms with E-state index in [1.807, 2.05) is 6.92 Å². The number of nitrogens with one attached hydrogen (secondary N) is 2. The number of rotatable bonds is 5. The molecule has 0 radical (unpaired) electrons. The predicted molar refractivity (Wildman–Crippen MR) is 47.4 cm³/mol. The fourth-order valence-electron chi connectivity index (χ4n) is 0.893. The molecule has 0 spiro atoms. The van der Waals surface area contributed by atoms with Crippen LogP contribution < -0.4 is 5.32 Å². The van der Waals surface area contributed by atoms with Crippen LogP contribution in [0.5, 0.6) is 0 Å². The Hall–Kier alpha value is -1.50. The van der Waals surface area contributed by atoms with Crippen molar-refractivity contribution in [2.75, 3.05) is 6.54 Å². The van der Waals surface area contributed by atoms with E-state index in [2.05, 4.69) is 25.9 Å². The molecule has 0 aromatic carbocycles. The summed E-state index contributed by atoms with van der Waals surface area (Å²) >= 11 is 0. The van der Waals surface area contributed by atoms with Crippen molar-refractivity contribution < 1.29 is 9.90 Å². The van der Waals surface area contributed by atoms with Gasteiger partial charge in [0.1, 0.15) is 0 Å². The van der Waals surface area contributed by atoms with Gasteiger partial charge in [0.05, 0.1) is 6.10 Å². The number of aliphatic hydroxyl groups is 1. The van der Waals surface area contributed by atoms with Crippen molar-refractivity contribution in [3.05, 3.63) is 5.82 Å². The molecule has 1 rings (SSSR count). The van der Waals surface area contributed by atoms with E-state index in [-0.39, 0.29) is 17.8 Å². The van der Waals surface area contributed by atoms with Gasteiger partial charge in [0.2, 0.25) is 0 Å². The molecule has 78 valence electrons. The summed E-state index contributed by atoms with van der Waals surface area (Å²) in [6.45, 7) is 2.29. The minimum atomic E-state index is -0.387. The van der Waals surface area contributed by atoms with Crippen molar-refractivity contribution in [1.29, 1.82) is 0 Å². The number of amides is 1. The van der Waals surface area contributed by atoms with E-state index in [1.54, 1.807) is 0 Å². The zero-order chi connectivity index (χ0) is 10.4. The second kappa shape index (κ2) is 5.28. The fraction of sp³-hybridized carbons (Fsp3) is 0.714. The number of carbonyl (C=O) groups excluding carboxylic acids is 1. The maximum absolute atomic E-state index is 11.2. The summed E-state index contributed by atoms with van der Waals surface area (Å²) in [5.41, 5.74) is 0. The molecule has 1 heterocycles. The standard InChI is InChI=1S/C7H13N5O2/c1-2-5(13)3-4-8-7(14)6-9-11-12-10-6/h5,13H,2-4H2,1H3,(H,8,14)(H,9,10,11,12). The number of aromatic nitrogens is 4. The van der Waals surface area contributed by atoms with Crippen LogP contribution in [-0.4, -0.2) is 44.3 Å². The van der Waals surface area contributed by atoms with E-state index in [1.165, 1.54) is 0 Å². The molecule has 1 atom stereocenters. The smallest absolute Gasteiger partial charge is 0.292 e. The number of aromatic amines is 1. The molecule has 7 heteroatoms. The van der Waals surface area contributed by atoms with Crippen molar-refractivity contribution in [2.45, 2.75) is 25.9 Å². The van der Waals surface area contributed by atoms with Gasteiger partial charge in [-0.15, -0.1) is 10.2 Å². The third-order valence-electron chi connectivity index (χ3n) is 1.78. The first-order valence-electron chi connectivity index (χ1n) is 4.43. The Balaban J connectivity index is 2.23. The molecule has 0 saturated heterocycles. The molecule has 0 aliphatic carbocycles. The van der Waals surface area contributed by atoms with Crippen LogP contribution in [0.1, 0.15) is 30.4 Å². The first-order valence-corrected chi connectivity index (χ1v) is 4.43. The monoisotopic (exact) mass is 199 g/mol. The van der Waals surface area contributed by atoms with Gasteiger partial charge in [-0.2, -0.15) is 5.21 Å². The van der Waals surface area contributed by atoms with Crippen LogP contribution in [0.25, 0.3) is 0 Å². The van der Waals surface area contributed by atoms with Crippen LogP contribution in [0.3, 0.4) is 0 Å². The Bertz CT molecular complexity index is 274. The Kier molecular flexibility index (Phi) is 3.99. The molecule has 0 aliphatic heterocycles. The van der Waals surface area contributed by atoms with Crippen molar-refractivity contribution in [3.63, 3.8) is 0 Å². The molecular weight excluding hydrogens is 186 g/mol. The number of carbonyl (C=O) groups is 1. The first kappa shape index (κ1) is 10.6. The topological polar surface area (TPSA) is 104 Å². The van der Waals surface area contributed by atoms with Gasteiger partial charge in [0, 0.05) is 6.54 Å². The largest absolute Gasteiger partial charge is 0.393 e. The third-order valence-corrected chi connectivity index (χ3v) is 1.78. The van der Waals surface area contributed by atoms with Crippen LogP contribution in [-0.2, 0) is 0 Å². The maximum Gasteiger partial charge on any atom is 0.292 e. The summed E-state index contributed by atoms with van der Waals surface area (Å²) in [6.07, 6.45) is 0.832. The highest BCUT2D eigenvalue weighted by Gasteiger charge is 2.09. The number of tetrazole rings is 1. The molecule has 1 aromatic rings. The van der Waals surface area contributed by atoms with Crippen LogP contribution in [0.2, 0.25) is 0 Å². The van der Waals surface area contributed by atoms with Gasteiger partial charge in [-0.3, -0.25) is 4.79 Å². The average Bonchev–Trinajstić information content (AvgIpc) is 2.70. The molecule has 0 saturated carbocycles. The van der Waals surface area contributed by atoms with Gasteiger partial charge in [-0.1, -0.05) is 6.92 Å².